The molecule has 0 spiro atoms. The van der Waals surface area contributed by atoms with Crippen molar-refractivity contribution < 1.29 is 9.53 Å². The molecule has 0 saturated carbocycles. The minimum atomic E-state index is 0.0799. The normalized spacial score (nSPS) is 19.7. The van der Waals surface area contributed by atoms with E-state index in [1.165, 1.54) is 4.90 Å². The van der Waals surface area contributed by atoms with Gasteiger partial charge in [-0.3, -0.25) is 4.79 Å². The van der Waals surface area contributed by atoms with Crippen molar-refractivity contribution in [2.75, 3.05) is 36.9 Å². The summed E-state index contributed by atoms with van der Waals surface area (Å²) in [5.41, 5.74) is 1.03. The molecule has 1 amide bonds. The summed E-state index contributed by atoms with van der Waals surface area (Å²) in [6, 6.07) is 8.10. The van der Waals surface area contributed by atoms with Crippen molar-refractivity contribution in [3.8, 4) is 0 Å². The number of nitrogens with one attached hydrogen (secondary N) is 1. The summed E-state index contributed by atoms with van der Waals surface area (Å²) >= 11 is 1.81. The second-order valence-electron chi connectivity index (χ2n) is 5.12. The SMILES string of the molecule is O=C(COC1CCNCC1)N1CCSc2ccccc21. The van der Waals surface area contributed by atoms with Gasteiger partial charge in [-0.1, -0.05) is 12.1 Å². The molecule has 2 aliphatic heterocycles. The molecule has 0 atom stereocenters. The minimum Gasteiger partial charge on any atom is -0.368 e. The number of hydrogen-bond acceptors (Lipinski definition) is 4. The van der Waals surface area contributed by atoms with Gasteiger partial charge in [0.15, 0.2) is 0 Å². The van der Waals surface area contributed by atoms with E-state index >= 15 is 0 Å². The van der Waals surface area contributed by atoms with Crippen LogP contribution in [0.4, 0.5) is 5.69 Å². The third-order valence-electron chi connectivity index (χ3n) is 3.76. The van der Waals surface area contributed by atoms with Crippen molar-refractivity contribution in [1.29, 1.82) is 0 Å². The molecule has 2 heterocycles. The van der Waals surface area contributed by atoms with Crippen LogP contribution in [0.2, 0.25) is 0 Å². The number of ether oxygens (including phenoxy) is 1. The zero-order valence-corrected chi connectivity index (χ0v) is 12.3. The Hall–Kier alpha value is -1.04. The number of carbonyl (C=O) groups is 1. The van der Waals surface area contributed by atoms with Gasteiger partial charge in [0, 0.05) is 17.2 Å². The van der Waals surface area contributed by atoms with E-state index in [9.17, 15) is 4.79 Å². The lowest BCUT2D eigenvalue weighted by Crippen LogP contribution is -2.40. The van der Waals surface area contributed by atoms with Crippen molar-refractivity contribution in [1.82, 2.24) is 5.32 Å². The molecule has 1 saturated heterocycles. The summed E-state index contributed by atoms with van der Waals surface area (Å²) in [6.45, 7) is 2.95. The van der Waals surface area contributed by atoms with Gasteiger partial charge in [0.2, 0.25) is 0 Å². The maximum atomic E-state index is 12.4. The standard InChI is InChI=1S/C15H20N2O2S/c18-15(11-19-12-5-7-16-8-6-12)17-9-10-20-14-4-2-1-3-13(14)17/h1-4,12,16H,5-11H2. The van der Waals surface area contributed by atoms with Crippen molar-refractivity contribution in [3.05, 3.63) is 24.3 Å². The Labute approximate surface area is 123 Å². The van der Waals surface area contributed by atoms with E-state index in [-0.39, 0.29) is 18.6 Å². The van der Waals surface area contributed by atoms with Gasteiger partial charge in [0.25, 0.3) is 5.91 Å². The molecule has 5 heteroatoms. The topological polar surface area (TPSA) is 41.6 Å². The summed E-state index contributed by atoms with van der Waals surface area (Å²) < 4.78 is 5.77. The molecule has 0 aliphatic carbocycles. The van der Waals surface area contributed by atoms with Crippen LogP contribution in [-0.4, -0.2) is 44.0 Å². The average Bonchev–Trinajstić information content (AvgIpc) is 2.53. The largest absolute Gasteiger partial charge is 0.368 e. The number of thioether (sulfide) groups is 1. The lowest BCUT2D eigenvalue weighted by molar-refractivity contribution is -0.125. The third kappa shape index (κ3) is 3.16. The van der Waals surface area contributed by atoms with Gasteiger partial charge in [-0.2, -0.15) is 0 Å². The Balaban J connectivity index is 1.60. The summed E-state index contributed by atoms with van der Waals surface area (Å²) in [6.07, 6.45) is 2.23. The molecule has 1 aromatic rings. The number of benzene rings is 1. The maximum Gasteiger partial charge on any atom is 0.253 e. The molecule has 20 heavy (non-hydrogen) atoms. The number of fused-ring (bicyclic) bond motifs is 1. The zero-order valence-electron chi connectivity index (χ0n) is 11.5. The van der Waals surface area contributed by atoms with Crippen LogP contribution in [0.3, 0.4) is 0 Å². The quantitative estimate of drug-likeness (QED) is 0.924. The van der Waals surface area contributed by atoms with E-state index in [1.807, 2.05) is 34.9 Å². The van der Waals surface area contributed by atoms with E-state index in [4.69, 9.17) is 4.74 Å². The molecule has 0 bridgehead atoms. The Bertz CT molecular complexity index is 475. The molecule has 1 aromatic carbocycles. The number of rotatable bonds is 3. The summed E-state index contributed by atoms with van der Waals surface area (Å²) in [5, 5.41) is 3.30. The Kier molecular flexibility index (Phi) is 4.60. The smallest absolute Gasteiger partial charge is 0.253 e. The fraction of sp³-hybridized carbons (Fsp3) is 0.533. The highest BCUT2D eigenvalue weighted by Crippen LogP contribution is 2.34. The second kappa shape index (κ2) is 6.61. The monoisotopic (exact) mass is 292 g/mol. The fourth-order valence-electron chi connectivity index (χ4n) is 2.66. The summed E-state index contributed by atoms with van der Waals surface area (Å²) in [7, 11) is 0. The molecule has 0 unspecified atom stereocenters. The number of hydrogen-bond donors (Lipinski definition) is 1. The molecule has 0 radical (unpaired) electrons. The first-order chi connectivity index (χ1) is 9.84. The van der Waals surface area contributed by atoms with Gasteiger partial charge < -0.3 is 15.0 Å². The van der Waals surface area contributed by atoms with Crippen molar-refractivity contribution in [2.24, 2.45) is 0 Å². The molecule has 2 aliphatic rings. The predicted octanol–water partition coefficient (Wildman–Crippen LogP) is 1.89. The van der Waals surface area contributed by atoms with Crippen LogP contribution in [-0.2, 0) is 9.53 Å². The van der Waals surface area contributed by atoms with E-state index < -0.39 is 0 Å². The van der Waals surface area contributed by atoms with Crippen molar-refractivity contribution in [3.63, 3.8) is 0 Å². The highest BCUT2D eigenvalue weighted by molar-refractivity contribution is 7.99. The fourth-order valence-corrected chi connectivity index (χ4v) is 3.65. The Morgan fingerprint density at radius 3 is 3.00 bits per heavy atom. The zero-order chi connectivity index (χ0) is 13.8. The number of para-hydroxylation sites is 1. The molecule has 3 rings (SSSR count). The Morgan fingerprint density at radius 1 is 1.35 bits per heavy atom. The van der Waals surface area contributed by atoms with Crippen LogP contribution in [0.25, 0.3) is 0 Å². The van der Waals surface area contributed by atoms with Gasteiger partial charge in [0.1, 0.15) is 6.61 Å². The van der Waals surface area contributed by atoms with Crippen LogP contribution in [0.15, 0.2) is 29.2 Å². The first-order valence-corrected chi connectivity index (χ1v) is 8.17. The number of carbonyl (C=O) groups excluding carboxylic acids is 1. The molecule has 0 aromatic heterocycles. The number of anilines is 1. The summed E-state index contributed by atoms with van der Waals surface area (Å²) in [5.74, 6) is 1.03. The molecular weight excluding hydrogens is 272 g/mol. The van der Waals surface area contributed by atoms with E-state index in [0.717, 1.165) is 43.9 Å². The van der Waals surface area contributed by atoms with Crippen LogP contribution in [0.1, 0.15) is 12.8 Å². The van der Waals surface area contributed by atoms with Crippen molar-refractivity contribution >= 4 is 23.4 Å². The highest BCUT2D eigenvalue weighted by atomic mass is 32.2. The molecule has 1 N–H and O–H groups in total. The van der Waals surface area contributed by atoms with Gasteiger partial charge in [0.05, 0.1) is 11.8 Å². The van der Waals surface area contributed by atoms with Crippen LogP contribution >= 0.6 is 11.8 Å². The van der Waals surface area contributed by atoms with Gasteiger partial charge in [-0.25, -0.2) is 0 Å². The Morgan fingerprint density at radius 2 is 2.15 bits per heavy atom. The lowest BCUT2D eigenvalue weighted by Gasteiger charge is -2.30. The number of amides is 1. The molecule has 1 fully saturated rings. The van der Waals surface area contributed by atoms with Crippen molar-refractivity contribution in [2.45, 2.75) is 23.8 Å². The minimum absolute atomic E-state index is 0.0799. The first-order valence-electron chi connectivity index (χ1n) is 7.19. The maximum absolute atomic E-state index is 12.4. The van der Waals surface area contributed by atoms with Crippen LogP contribution in [0.5, 0.6) is 0 Å². The van der Waals surface area contributed by atoms with E-state index in [0.29, 0.717) is 0 Å². The number of piperidine rings is 1. The molecule has 108 valence electrons. The molecule has 4 nitrogen and oxygen atoms in total. The average molecular weight is 292 g/mol. The third-order valence-corrected chi connectivity index (χ3v) is 4.80. The van der Waals surface area contributed by atoms with Crippen LogP contribution in [0, 0.1) is 0 Å². The van der Waals surface area contributed by atoms with Gasteiger partial charge in [-0.15, -0.1) is 11.8 Å². The van der Waals surface area contributed by atoms with Gasteiger partial charge in [-0.05, 0) is 38.1 Å². The first kappa shape index (κ1) is 13.9. The van der Waals surface area contributed by atoms with E-state index in [2.05, 4.69) is 11.4 Å². The van der Waals surface area contributed by atoms with E-state index in [1.54, 1.807) is 0 Å². The predicted molar refractivity (Wildman–Crippen MR) is 81.4 cm³/mol. The second-order valence-corrected chi connectivity index (χ2v) is 6.26. The molecular formula is C15H20N2O2S. The van der Waals surface area contributed by atoms with Gasteiger partial charge >= 0.3 is 0 Å². The lowest BCUT2D eigenvalue weighted by atomic mass is 10.1. The van der Waals surface area contributed by atoms with Crippen LogP contribution < -0.4 is 10.2 Å². The summed E-state index contributed by atoms with van der Waals surface area (Å²) in [4.78, 5) is 15.4. The number of nitrogens with zero attached hydrogens (tertiary/aromatic N) is 1. The highest BCUT2D eigenvalue weighted by Gasteiger charge is 2.23.